The van der Waals surface area contributed by atoms with Crippen LogP contribution in [0.3, 0.4) is 0 Å². The van der Waals surface area contributed by atoms with Crippen LogP contribution in [0.4, 0.5) is 9.18 Å². The molecule has 33 heavy (non-hydrogen) atoms. The quantitative estimate of drug-likeness (QED) is 0.226. The number of carboxylic acid groups (broad SMARTS) is 1. The number of halogens is 2. The highest BCUT2D eigenvalue weighted by molar-refractivity contribution is 6.04. The van der Waals surface area contributed by atoms with Gasteiger partial charge in [-0.2, -0.15) is 0 Å². The smallest absolute Gasteiger partial charge is 0.410 e. The van der Waals surface area contributed by atoms with Crippen molar-refractivity contribution >= 4 is 36.2 Å². The molecule has 2 aromatic rings. The van der Waals surface area contributed by atoms with Gasteiger partial charge in [0.2, 0.25) is 11.8 Å². The highest BCUT2D eigenvalue weighted by Gasteiger charge is 2.23. The van der Waals surface area contributed by atoms with E-state index in [-0.39, 0.29) is 24.8 Å². The molecule has 7 N–H and O–H groups in total. The number of carbonyl (C=O) groups excluding carboxylic acids is 2. The van der Waals surface area contributed by atoms with E-state index in [1.165, 1.54) is 12.1 Å². The van der Waals surface area contributed by atoms with Crippen LogP contribution in [0.25, 0.3) is 0 Å². The predicted molar refractivity (Wildman–Crippen MR) is 124 cm³/mol. The molecular weight excluding hydrogens is 453 g/mol. The van der Waals surface area contributed by atoms with Gasteiger partial charge >= 0.3 is 6.09 Å². The van der Waals surface area contributed by atoms with E-state index in [1.54, 1.807) is 12.1 Å². The van der Waals surface area contributed by atoms with Crippen molar-refractivity contribution in [1.82, 2.24) is 16.0 Å². The third-order valence-corrected chi connectivity index (χ3v) is 4.65. The first-order chi connectivity index (χ1) is 15.3. The maximum atomic E-state index is 13.4. The van der Waals surface area contributed by atoms with Crippen molar-refractivity contribution in [3.8, 4) is 0 Å². The zero-order chi connectivity index (χ0) is 23.5. The number of alkyl halides is 1. The van der Waals surface area contributed by atoms with Gasteiger partial charge in [-0.3, -0.25) is 20.3 Å². The standard InChI is InChI=1S/C22H26FN5O4.ClH/c23-12-18(27-20(29)17(24)11-8-14-4-2-1-3-5-14)21(30)26-13-15-6-9-16(10-7-15)19(25)28-22(31)32;/h1-7,9-10,17-18H,8,11-13,24H2,(H2,25,28)(H,26,30)(H,27,29)(H,31,32);1H/t17-,18?;/m1./s1. The van der Waals surface area contributed by atoms with E-state index in [2.05, 4.69) is 10.6 Å². The Kier molecular flexibility index (Phi) is 11.5. The number of hydrogen-bond donors (Lipinski definition) is 6. The summed E-state index contributed by atoms with van der Waals surface area (Å²) in [7, 11) is 0. The average Bonchev–Trinajstić information content (AvgIpc) is 2.79. The monoisotopic (exact) mass is 479 g/mol. The van der Waals surface area contributed by atoms with Gasteiger partial charge in [-0.15, -0.1) is 12.4 Å². The van der Waals surface area contributed by atoms with Crippen molar-refractivity contribution in [1.29, 1.82) is 5.41 Å². The van der Waals surface area contributed by atoms with Crippen LogP contribution in [-0.2, 0) is 22.6 Å². The van der Waals surface area contributed by atoms with Gasteiger partial charge in [0, 0.05) is 12.1 Å². The molecule has 3 amide bonds. The lowest BCUT2D eigenvalue weighted by molar-refractivity contribution is -0.130. The first-order valence-corrected chi connectivity index (χ1v) is 9.91. The normalized spacial score (nSPS) is 11.9. The fourth-order valence-corrected chi connectivity index (χ4v) is 2.83. The van der Waals surface area contributed by atoms with Crippen molar-refractivity contribution in [2.75, 3.05) is 6.67 Å². The average molecular weight is 480 g/mol. The number of aryl methyl sites for hydroxylation is 1. The van der Waals surface area contributed by atoms with Gasteiger partial charge in [-0.1, -0.05) is 54.6 Å². The summed E-state index contributed by atoms with van der Waals surface area (Å²) in [5.74, 6) is -1.58. The van der Waals surface area contributed by atoms with Crippen LogP contribution in [0.1, 0.15) is 23.1 Å². The summed E-state index contributed by atoms with van der Waals surface area (Å²) in [6.45, 7) is -1.02. The molecule has 0 aliphatic rings. The van der Waals surface area contributed by atoms with Gasteiger partial charge in [-0.05, 0) is 24.0 Å². The van der Waals surface area contributed by atoms with Crippen molar-refractivity contribution in [3.05, 3.63) is 71.3 Å². The molecular formula is C22H27ClFN5O4. The number of nitrogens with one attached hydrogen (secondary N) is 4. The fraction of sp³-hybridized carbons (Fsp3) is 0.273. The topological polar surface area (TPSA) is 157 Å². The van der Waals surface area contributed by atoms with E-state index in [1.807, 2.05) is 35.6 Å². The van der Waals surface area contributed by atoms with Crippen LogP contribution < -0.4 is 21.7 Å². The summed E-state index contributed by atoms with van der Waals surface area (Å²) in [6.07, 6.45) is -0.406. The largest absolute Gasteiger partial charge is 0.465 e. The van der Waals surface area contributed by atoms with Crippen LogP contribution in [0.5, 0.6) is 0 Å². The van der Waals surface area contributed by atoms with Crippen molar-refractivity contribution in [3.63, 3.8) is 0 Å². The maximum absolute atomic E-state index is 13.4. The second kappa shape index (κ2) is 13.8. The van der Waals surface area contributed by atoms with E-state index < -0.39 is 36.7 Å². The van der Waals surface area contributed by atoms with Crippen LogP contribution in [0.2, 0.25) is 0 Å². The molecule has 0 saturated heterocycles. The molecule has 0 aliphatic heterocycles. The van der Waals surface area contributed by atoms with Crippen molar-refractivity contribution in [2.24, 2.45) is 5.73 Å². The van der Waals surface area contributed by atoms with Gasteiger partial charge in [0.25, 0.3) is 0 Å². The number of hydrogen-bond acceptors (Lipinski definition) is 5. The SMILES string of the molecule is Cl.N=C(NC(=O)O)c1ccc(CNC(=O)C(CF)NC(=O)[C@H](N)CCc2ccccc2)cc1. The number of rotatable bonds is 10. The third-order valence-electron chi connectivity index (χ3n) is 4.65. The summed E-state index contributed by atoms with van der Waals surface area (Å²) in [4.78, 5) is 35.1. The minimum atomic E-state index is -1.36. The Morgan fingerprint density at radius 1 is 1.00 bits per heavy atom. The predicted octanol–water partition coefficient (Wildman–Crippen LogP) is 1.73. The van der Waals surface area contributed by atoms with Gasteiger partial charge in [-0.25, -0.2) is 9.18 Å². The zero-order valence-electron chi connectivity index (χ0n) is 17.7. The minimum Gasteiger partial charge on any atom is -0.465 e. The second-order valence-electron chi connectivity index (χ2n) is 7.07. The second-order valence-corrected chi connectivity index (χ2v) is 7.07. The van der Waals surface area contributed by atoms with Crippen LogP contribution in [0, 0.1) is 5.41 Å². The van der Waals surface area contributed by atoms with Crippen molar-refractivity contribution < 1.29 is 23.9 Å². The molecule has 0 heterocycles. The lowest BCUT2D eigenvalue weighted by atomic mass is 10.1. The van der Waals surface area contributed by atoms with E-state index in [0.717, 1.165) is 5.56 Å². The number of amides is 3. The van der Waals surface area contributed by atoms with Gasteiger partial charge in [0.05, 0.1) is 6.04 Å². The van der Waals surface area contributed by atoms with Crippen LogP contribution in [-0.4, -0.2) is 47.6 Å². The summed E-state index contributed by atoms with van der Waals surface area (Å²) in [5, 5.41) is 23.0. The lowest BCUT2D eigenvalue weighted by Gasteiger charge is -2.18. The molecule has 178 valence electrons. The van der Waals surface area contributed by atoms with E-state index in [9.17, 15) is 18.8 Å². The van der Waals surface area contributed by atoms with E-state index in [4.69, 9.17) is 16.2 Å². The number of carbonyl (C=O) groups is 3. The summed E-state index contributed by atoms with van der Waals surface area (Å²) >= 11 is 0. The summed E-state index contributed by atoms with van der Waals surface area (Å²) in [5.41, 5.74) is 7.90. The lowest BCUT2D eigenvalue weighted by Crippen LogP contribution is -2.52. The molecule has 2 atom stereocenters. The Morgan fingerprint density at radius 3 is 2.21 bits per heavy atom. The Bertz CT molecular complexity index is 944. The van der Waals surface area contributed by atoms with Crippen LogP contribution >= 0.6 is 12.4 Å². The highest BCUT2D eigenvalue weighted by Crippen LogP contribution is 2.06. The molecule has 1 unspecified atom stereocenters. The molecule has 2 rings (SSSR count). The molecule has 0 radical (unpaired) electrons. The molecule has 0 fully saturated rings. The van der Waals surface area contributed by atoms with Crippen LogP contribution in [0.15, 0.2) is 54.6 Å². The molecule has 2 aromatic carbocycles. The number of nitrogens with two attached hydrogens (primary N) is 1. The highest BCUT2D eigenvalue weighted by atomic mass is 35.5. The zero-order valence-corrected chi connectivity index (χ0v) is 18.5. The molecule has 0 aliphatic carbocycles. The molecule has 0 saturated carbocycles. The number of amidine groups is 1. The van der Waals surface area contributed by atoms with Gasteiger partial charge in [0.1, 0.15) is 18.6 Å². The third kappa shape index (κ3) is 9.26. The Hall–Kier alpha value is -3.50. The molecule has 11 heteroatoms. The van der Waals surface area contributed by atoms with Gasteiger partial charge < -0.3 is 21.5 Å². The first-order valence-electron chi connectivity index (χ1n) is 9.91. The summed E-state index contributed by atoms with van der Waals surface area (Å²) < 4.78 is 13.4. The fourth-order valence-electron chi connectivity index (χ4n) is 2.83. The van der Waals surface area contributed by atoms with E-state index >= 15 is 0 Å². The Labute approximate surface area is 196 Å². The molecule has 9 nitrogen and oxygen atoms in total. The molecule has 0 aromatic heterocycles. The Balaban J connectivity index is 0.00000544. The van der Waals surface area contributed by atoms with E-state index in [0.29, 0.717) is 24.0 Å². The molecule has 0 bridgehead atoms. The first kappa shape index (κ1) is 27.5. The molecule has 0 spiro atoms. The maximum Gasteiger partial charge on any atom is 0.410 e. The van der Waals surface area contributed by atoms with Gasteiger partial charge in [0.15, 0.2) is 0 Å². The Morgan fingerprint density at radius 2 is 1.64 bits per heavy atom. The van der Waals surface area contributed by atoms with Crippen molar-refractivity contribution in [2.45, 2.75) is 31.5 Å². The summed E-state index contributed by atoms with van der Waals surface area (Å²) in [6, 6.07) is 13.5. The number of benzene rings is 2. The minimum absolute atomic E-state index is 0.